The zero-order valence-electron chi connectivity index (χ0n) is 18.5. The van der Waals surface area contributed by atoms with Gasteiger partial charge in [-0.1, -0.05) is 65.4 Å². The van der Waals surface area contributed by atoms with Gasteiger partial charge in [0.25, 0.3) is 0 Å². The molecule has 5 aromatic rings. The van der Waals surface area contributed by atoms with Crippen molar-refractivity contribution in [1.82, 2.24) is 19.8 Å². The van der Waals surface area contributed by atoms with Crippen LogP contribution in [0.3, 0.4) is 0 Å². The maximum atomic E-state index is 13.6. The molecule has 166 valence electrons. The zero-order chi connectivity index (χ0) is 23.2. The lowest BCUT2D eigenvalue weighted by Crippen LogP contribution is -2.11. The van der Waals surface area contributed by atoms with Crippen LogP contribution in [-0.2, 0) is 9.84 Å². The molecule has 33 heavy (non-hydrogen) atoms. The normalized spacial score (nSPS) is 12.8. The van der Waals surface area contributed by atoms with E-state index in [1.165, 1.54) is 4.52 Å². The number of hydrogen-bond donors (Lipinski definition) is 1. The highest BCUT2D eigenvalue weighted by Gasteiger charge is 2.28. The van der Waals surface area contributed by atoms with Crippen molar-refractivity contribution in [2.24, 2.45) is 0 Å². The van der Waals surface area contributed by atoms with E-state index in [9.17, 15) is 8.42 Å². The van der Waals surface area contributed by atoms with Crippen molar-refractivity contribution >= 4 is 32.2 Å². The van der Waals surface area contributed by atoms with E-state index in [0.29, 0.717) is 11.4 Å². The Morgan fingerprint density at radius 2 is 1.67 bits per heavy atom. The minimum atomic E-state index is -3.92. The average molecular weight is 458 g/mol. The van der Waals surface area contributed by atoms with Gasteiger partial charge in [-0.05, 0) is 50.1 Å². The van der Waals surface area contributed by atoms with Crippen LogP contribution in [0.25, 0.3) is 16.6 Å². The van der Waals surface area contributed by atoms with Crippen LogP contribution >= 0.6 is 0 Å². The molecule has 0 saturated heterocycles. The molecule has 0 aliphatic heterocycles. The number of hydrogen-bond acceptors (Lipinski definition) is 6. The average Bonchev–Trinajstić information content (AvgIpc) is 3.24. The molecule has 7 nitrogen and oxygen atoms in total. The number of anilines is 1. The first-order valence-electron chi connectivity index (χ1n) is 10.6. The largest absolute Gasteiger partial charge is 0.363 e. The first-order valence-corrected chi connectivity index (χ1v) is 12.1. The number of sulfone groups is 1. The molecular formula is C25H23N5O2S. The summed E-state index contributed by atoms with van der Waals surface area (Å²) in [7, 11) is -3.92. The summed E-state index contributed by atoms with van der Waals surface area (Å²) in [6.45, 7) is 5.75. The highest BCUT2D eigenvalue weighted by Crippen LogP contribution is 2.31. The number of rotatable bonds is 5. The smallest absolute Gasteiger partial charge is 0.229 e. The molecule has 0 amide bonds. The molecule has 1 N–H and O–H groups in total. The summed E-state index contributed by atoms with van der Waals surface area (Å²) in [6.07, 6.45) is 0. The zero-order valence-corrected chi connectivity index (χ0v) is 19.3. The Balaban J connectivity index is 1.70. The fourth-order valence-electron chi connectivity index (χ4n) is 4.06. The summed E-state index contributed by atoms with van der Waals surface area (Å²) in [5.41, 5.74) is 3.66. The highest BCUT2D eigenvalue weighted by molar-refractivity contribution is 7.91. The van der Waals surface area contributed by atoms with E-state index in [1.54, 1.807) is 19.1 Å². The van der Waals surface area contributed by atoms with Crippen LogP contribution in [0.15, 0.2) is 82.7 Å². The SMILES string of the molecule is Cc1ccc(S(=O)(=O)c2nnn3c2nc(NC(C)c2ccccc2)c2ccccc23)c(C)c1. The maximum absolute atomic E-state index is 13.6. The van der Waals surface area contributed by atoms with Gasteiger partial charge in [0, 0.05) is 11.4 Å². The molecule has 2 aromatic heterocycles. The van der Waals surface area contributed by atoms with Crippen LogP contribution in [0.2, 0.25) is 0 Å². The number of nitrogens with one attached hydrogen (secondary N) is 1. The van der Waals surface area contributed by atoms with Crippen LogP contribution in [-0.4, -0.2) is 28.2 Å². The lowest BCUT2D eigenvalue weighted by atomic mass is 10.1. The molecule has 1 atom stereocenters. The molecule has 0 aliphatic carbocycles. The van der Waals surface area contributed by atoms with Crippen molar-refractivity contribution in [2.75, 3.05) is 5.32 Å². The van der Waals surface area contributed by atoms with Crippen molar-refractivity contribution in [3.63, 3.8) is 0 Å². The minimum absolute atomic E-state index is 0.0418. The van der Waals surface area contributed by atoms with E-state index in [4.69, 9.17) is 4.98 Å². The standard InChI is InChI=1S/C25H23N5O2S/c1-16-13-14-22(17(2)15-16)33(31,32)25-24-27-23(26-18(3)19-9-5-4-6-10-19)20-11-7-8-12-21(20)30(24)29-28-25/h4-15,18H,1-3H3,(H,26,27). The summed E-state index contributed by atoms with van der Waals surface area (Å²) in [5, 5.41) is 12.3. The van der Waals surface area contributed by atoms with Crippen molar-refractivity contribution in [2.45, 2.75) is 36.7 Å². The molecule has 1 unspecified atom stereocenters. The molecule has 2 heterocycles. The van der Waals surface area contributed by atoms with Gasteiger partial charge in [0.2, 0.25) is 14.9 Å². The predicted octanol–water partition coefficient (Wildman–Crippen LogP) is 4.90. The van der Waals surface area contributed by atoms with Gasteiger partial charge in [-0.25, -0.2) is 13.4 Å². The number of para-hydroxylation sites is 1. The Hall–Kier alpha value is -3.78. The number of aromatic nitrogens is 4. The quantitative estimate of drug-likeness (QED) is 0.404. The first-order chi connectivity index (χ1) is 15.9. The number of nitrogens with zero attached hydrogens (tertiary/aromatic N) is 4. The van der Waals surface area contributed by atoms with E-state index in [2.05, 4.69) is 15.6 Å². The Morgan fingerprint density at radius 1 is 0.939 bits per heavy atom. The Kier molecular flexibility index (Phi) is 5.09. The fourth-order valence-corrected chi connectivity index (χ4v) is 5.52. The molecular weight excluding hydrogens is 434 g/mol. The van der Waals surface area contributed by atoms with Crippen molar-refractivity contribution in [3.05, 3.63) is 89.5 Å². The summed E-state index contributed by atoms with van der Waals surface area (Å²) in [5.74, 6) is 0.578. The van der Waals surface area contributed by atoms with Crippen LogP contribution in [0.5, 0.6) is 0 Å². The predicted molar refractivity (Wildman–Crippen MR) is 128 cm³/mol. The topological polar surface area (TPSA) is 89.2 Å². The van der Waals surface area contributed by atoms with Gasteiger partial charge >= 0.3 is 0 Å². The van der Waals surface area contributed by atoms with Gasteiger partial charge in [-0.2, -0.15) is 4.52 Å². The fraction of sp³-hybridized carbons (Fsp3) is 0.160. The molecule has 0 fully saturated rings. The number of benzene rings is 3. The molecule has 0 saturated carbocycles. The monoisotopic (exact) mass is 457 g/mol. The summed E-state index contributed by atoms with van der Waals surface area (Å²) < 4.78 is 28.6. The minimum Gasteiger partial charge on any atom is -0.363 e. The first kappa shape index (κ1) is 21.1. The molecule has 0 spiro atoms. The van der Waals surface area contributed by atoms with Gasteiger partial charge in [-0.3, -0.25) is 0 Å². The Labute approximate surface area is 192 Å². The van der Waals surface area contributed by atoms with Crippen molar-refractivity contribution in [1.29, 1.82) is 0 Å². The highest BCUT2D eigenvalue weighted by atomic mass is 32.2. The van der Waals surface area contributed by atoms with Gasteiger partial charge in [0.15, 0.2) is 5.65 Å². The second-order valence-corrected chi connectivity index (χ2v) is 9.99. The Morgan fingerprint density at radius 3 is 2.42 bits per heavy atom. The third kappa shape index (κ3) is 3.62. The second-order valence-electron chi connectivity index (χ2n) is 8.16. The maximum Gasteiger partial charge on any atom is 0.229 e. The van der Waals surface area contributed by atoms with Crippen molar-refractivity contribution in [3.8, 4) is 0 Å². The number of fused-ring (bicyclic) bond motifs is 3. The lowest BCUT2D eigenvalue weighted by molar-refractivity contribution is 0.592. The molecule has 3 aromatic carbocycles. The third-order valence-electron chi connectivity index (χ3n) is 5.75. The third-order valence-corrected chi connectivity index (χ3v) is 7.56. The number of aryl methyl sites for hydroxylation is 2. The van der Waals surface area contributed by atoms with Gasteiger partial charge in [0.05, 0.1) is 10.4 Å². The van der Waals surface area contributed by atoms with Gasteiger partial charge < -0.3 is 5.32 Å². The van der Waals surface area contributed by atoms with Crippen LogP contribution in [0.4, 0.5) is 5.82 Å². The van der Waals surface area contributed by atoms with E-state index < -0.39 is 9.84 Å². The van der Waals surface area contributed by atoms with Gasteiger partial charge in [-0.15, -0.1) is 5.10 Å². The molecule has 0 bridgehead atoms. The summed E-state index contributed by atoms with van der Waals surface area (Å²) in [4.78, 5) is 4.92. The van der Waals surface area contributed by atoms with Gasteiger partial charge in [0.1, 0.15) is 5.82 Å². The van der Waals surface area contributed by atoms with Crippen LogP contribution in [0.1, 0.15) is 29.7 Å². The second kappa shape index (κ2) is 7.97. The molecule has 5 rings (SSSR count). The van der Waals surface area contributed by atoms with Crippen LogP contribution in [0, 0.1) is 13.8 Å². The van der Waals surface area contributed by atoms with E-state index in [0.717, 1.165) is 22.0 Å². The molecule has 0 aliphatic rings. The summed E-state index contributed by atoms with van der Waals surface area (Å²) >= 11 is 0. The molecule has 0 radical (unpaired) electrons. The molecule has 8 heteroatoms. The van der Waals surface area contributed by atoms with E-state index in [-0.39, 0.29) is 21.6 Å². The van der Waals surface area contributed by atoms with E-state index in [1.807, 2.05) is 74.5 Å². The Bertz CT molecular complexity index is 1590. The van der Waals surface area contributed by atoms with Crippen LogP contribution < -0.4 is 5.32 Å². The summed E-state index contributed by atoms with van der Waals surface area (Å²) in [6, 6.07) is 22.8. The van der Waals surface area contributed by atoms with E-state index >= 15 is 0 Å². The lowest BCUT2D eigenvalue weighted by Gasteiger charge is -2.17. The van der Waals surface area contributed by atoms with Crippen molar-refractivity contribution < 1.29 is 8.42 Å².